The van der Waals surface area contributed by atoms with E-state index in [1.165, 1.54) is 4.80 Å². The van der Waals surface area contributed by atoms with Crippen LogP contribution in [0.15, 0.2) is 0 Å². The third kappa shape index (κ3) is 5.68. The fourth-order valence-electron chi connectivity index (χ4n) is 1.34. The van der Waals surface area contributed by atoms with Crippen LogP contribution in [-0.4, -0.2) is 53.2 Å². The highest BCUT2D eigenvalue weighted by molar-refractivity contribution is 4.83. The second kappa shape index (κ2) is 8.07. The molecule has 1 unspecified atom stereocenters. The zero-order valence-electron chi connectivity index (χ0n) is 10.3. The Morgan fingerprint density at radius 2 is 2.24 bits per heavy atom. The van der Waals surface area contributed by atoms with Gasteiger partial charge in [0.15, 0.2) is 5.82 Å². The van der Waals surface area contributed by atoms with Crippen molar-refractivity contribution in [2.75, 3.05) is 26.9 Å². The molecule has 0 fully saturated rings. The van der Waals surface area contributed by atoms with Gasteiger partial charge in [-0.25, -0.2) is 0 Å². The maximum Gasteiger partial charge on any atom is 0.176 e. The molecule has 1 aromatic rings. The summed E-state index contributed by atoms with van der Waals surface area (Å²) in [5.41, 5.74) is 2.72. The van der Waals surface area contributed by atoms with Crippen molar-refractivity contribution in [1.29, 1.82) is 0 Å². The van der Waals surface area contributed by atoms with Gasteiger partial charge in [0.25, 0.3) is 0 Å². The Morgan fingerprint density at radius 1 is 1.41 bits per heavy atom. The lowest BCUT2D eigenvalue weighted by atomic mass is 10.1. The number of aromatic nitrogens is 4. The minimum absolute atomic E-state index is 0.0849. The molecule has 0 aliphatic rings. The van der Waals surface area contributed by atoms with Gasteiger partial charge in [-0.05, 0) is 11.6 Å². The Labute approximate surface area is 100 Å². The molecule has 98 valence electrons. The average Bonchev–Trinajstić information content (AvgIpc) is 2.73. The van der Waals surface area contributed by atoms with Gasteiger partial charge in [-0.15, -0.1) is 10.2 Å². The number of tetrazole rings is 1. The third-order valence-corrected chi connectivity index (χ3v) is 2.26. The van der Waals surface area contributed by atoms with Crippen LogP contribution in [-0.2, 0) is 22.9 Å². The van der Waals surface area contributed by atoms with E-state index < -0.39 is 0 Å². The molecular formula is C9H20N6O2. The van der Waals surface area contributed by atoms with Crippen molar-refractivity contribution >= 4 is 0 Å². The van der Waals surface area contributed by atoms with E-state index in [9.17, 15) is 0 Å². The van der Waals surface area contributed by atoms with Crippen molar-refractivity contribution in [3.63, 3.8) is 0 Å². The predicted molar refractivity (Wildman–Crippen MR) is 60.9 cm³/mol. The van der Waals surface area contributed by atoms with Crippen molar-refractivity contribution in [1.82, 2.24) is 25.6 Å². The average molecular weight is 244 g/mol. The molecule has 1 rings (SSSR count). The second-order valence-corrected chi connectivity index (χ2v) is 3.66. The normalized spacial score (nSPS) is 12.9. The SMILES string of the molecule is COCCOCCC(Cc1nnn(C)n1)NN. The predicted octanol–water partition coefficient (Wildman–Crippen LogP) is -1.36. The second-order valence-electron chi connectivity index (χ2n) is 3.66. The van der Waals surface area contributed by atoms with Crippen LogP contribution in [0.3, 0.4) is 0 Å². The molecule has 3 N–H and O–H groups in total. The summed E-state index contributed by atoms with van der Waals surface area (Å²) in [7, 11) is 3.38. The van der Waals surface area contributed by atoms with Gasteiger partial charge < -0.3 is 9.47 Å². The topological polar surface area (TPSA) is 100 Å². The number of hydrazine groups is 1. The Morgan fingerprint density at radius 3 is 2.82 bits per heavy atom. The van der Waals surface area contributed by atoms with Crippen LogP contribution in [0.5, 0.6) is 0 Å². The van der Waals surface area contributed by atoms with E-state index in [0.717, 1.165) is 6.42 Å². The smallest absolute Gasteiger partial charge is 0.176 e. The number of rotatable bonds is 9. The molecule has 17 heavy (non-hydrogen) atoms. The van der Waals surface area contributed by atoms with Gasteiger partial charge >= 0.3 is 0 Å². The van der Waals surface area contributed by atoms with Crippen LogP contribution in [0, 0.1) is 0 Å². The number of nitrogens with two attached hydrogens (primary N) is 1. The Hall–Kier alpha value is -1.09. The largest absolute Gasteiger partial charge is 0.382 e. The summed E-state index contributed by atoms with van der Waals surface area (Å²) in [5.74, 6) is 6.13. The summed E-state index contributed by atoms with van der Waals surface area (Å²) in [5, 5.41) is 11.8. The fourth-order valence-corrected chi connectivity index (χ4v) is 1.34. The number of nitrogens with zero attached hydrogens (tertiary/aromatic N) is 4. The van der Waals surface area contributed by atoms with Gasteiger partial charge in [-0.2, -0.15) is 4.80 Å². The molecule has 0 radical (unpaired) electrons. The van der Waals surface area contributed by atoms with Gasteiger partial charge in [0.2, 0.25) is 0 Å². The number of methoxy groups -OCH3 is 1. The lowest BCUT2D eigenvalue weighted by Crippen LogP contribution is -2.38. The lowest BCUT2D eigenvalue weighted by molar-refractivity contribution is 0.0657. The highest BCUT2D eigenvalue weighted by Gasteiger charge is 2.11. The molecule has 0 spiro atoms. The van der Waals surface area contributed by atoms with Crippen LogP contribution in [0.1, 0.15) is 12.2 Å². The summed E-state index contributed by atoms with van der Waals surface area (Å²) in [6.45, 7) is 1.82. The van der Waals surface area contributed by atoms with Gasteiger partial charge in [-0.1, -0.05) is 0 Å². The zero-order chi connectivity index (χ0) is 12.5. The lowest BCUT2D eigenvalue weighted by Gasteiger charge is -2.13. The Kier molecular flexibility index (Phi) is 6.63. The van der Waals surface area contributed by atoms with Gasteiger partial charge in [0.05, 0.1) is 20.3 Å². The first-order valence-electron chi connectivity index (χ1n) is 5.52. The summed E-state index contributed by atoms with van der Waals surface area (Å²) in [6, 6.07) is 0.0849. The molecule has 1 aromatic heterocycles. The monoisotopic (exact) mass is 244 g/mol. The molecule has 0 aromatic carbocycles. The van der Waals surface area contributed by atoms with Crippen molar-refractivity contribution in [2.24, 2.45) is 12.9 Å². The first-order valence-corrected chi connectivity index (χ1v) is 5.52. The molecule has 0 saturated carbocycles. The molecule has 8 nitrogen and oxygen atoms in total. The van der Waals surface area contributed by atoms with E-state index >= 15 is 0 Å². The van der Waals surface area contributed by atoms with E-state index in [2.05, 4.69) is 20.8 Å². The molecule has 0 saturated heterocycles. The van der Waals surface area contributed by atoms with Crippen LogP contribution in [0.2, 0.25) is 0 Å². The van der Waals surface area contributed by atoms with E-state index in [1.807, 2.05) is 0 Å². The number of aryl methyl sites for hydroxylation is 1. The van der Waals surface area contributed by atoms with Crippen molar-refractivity contribution in [2.45, 2.75) is 18.9 Å². The number of nitrogens with one attached hydrogen (secondary N) is 1. The summed E-state index contributed by atoms with van der Waals surface area (Å²) in [6.07, 6.45) is 1.43. The minimum atomic E-state index is 0.0849. The maximum absolute atomic E-state index is 5.46. The molecular weight excluding hydrogens is 224 g/mol. The maximum atomic E-state index is 5.46. The highest BCUT2D eigenvalue weighted by atomic mass is 16.5. The van der Waals surface area contributed by atoms with Crippen molar-refractivity contribution in [3.8, 4) is 0 Å². The molecule has 1 atom stereocenters. The van der Waals surface area contributed by atoms with E-state index in [1.54, 1.807) is 14.2 Å². The molecule has 1 heterocycles. The van der Waals surface area contributed by atoms with E-state index in [-0.39, 0.29) is 6.04 Å². The van der Waals surface area contributed by atoms with Gasteiger partial charge in [0.1, 0.15) is 0 Å². The summed E-state index contributed by atoms with van der Waals surface area (Å²) < 4.78 is 10.2. The highest BCUT2D eigenvalue weighted by Crippen LogP contribution is 1.99. The minimum Gasteiger partial charge on any atom is -0.382 e. The van der Waals surface area contributed by atoms with Crippen LogP contribution >= 0.6 is 0 Å². The Bertz CT molecular complexity index is 305. The van der Waals surface area contributed by atoms with E-state index in [4.69, 9.17) is 15.3 Å². The number of hydrogen-bond donors (Lipinski definition) is 2. The first kappa shape index (κ1) is 14.0. The first-order chi connectivity index (χ1) is 8.26. The van der Waals surface area contributed by atoms with Crippen LogP contribution in [0.25, 0.3) is 0 Å². The van der Waals surface area contributed by atoms with Crippen LogP contribution < -0.4 is 11.3 Å². The molecule has 8 heteroatoms. The third-order valence-electron chi connectivity index (χ3n) is 2.26. The summed E-state index contributed by atoms with van der Waals surface area (Å²) >= 11 is 0. The molecule has 0 amide bonds. The van der Waals surface area contributed by atoms with Gasteiger partial charge in [0, 0.05) is 26.2 Å². The zero-order valence-corrected chi connectivity index (χ0v) is 10.3. The van der Waals surface area contributed by atoms with E-state index in [0.29, 0.717) is 32.1 Å². The van der Waals surface area contributed by atoms with Crippen molar-refractivity contribution in [3.05, 3.63) is 5.82 Å². The number of hydrogen-bond acceptors (Lipinski definition) is 7. The van der Waals surface area contributed by atoms with Crippen LogP contribution in [0.4, 0.5) is 0 Å². The number of ether oxygens (including phenoxy) is 2. The fraction of sp³-hybridized carbons (Fsp3) is 0.889. The van der Waals surface area contributed by atoms with Crippen molar-refractivity contribution < 1.29 is 9.47 Å². The standard InChI is InChI=1S/C9H20N6O2/c1-15-13-9(12-14-15)7-8(11-10)3-4-17-6-5-16-2/h8,11H,3-7,10H2,1-2H3. The quantitative estimate of drug-likeness (QED) is 0.314. The summed E-state index contributed by atoms with van der Waals surface area (Å²) in [4.78, 5) is 1.43. The molecule has 0 aliphatic carbocycles. The van der Waals surface area contributed by atoms with Gasteiger partial charge in [-0.3, -0.25) is 11.3 Å². The Balaban J connectivity index is 2.19. The molecule has 0 bridgehead atoms. The molecule has 0 aliphatic heterocycles.